The number of amides is 5. The van der Waals surface area contributed by atoms with Crippen LogP contribution in [0.5, 0.6) is 5.75 Å². The van der Waals surface area contributed by atoms with Crippen LogP contribution in [0.1, 0.15) is 5.56 Å². The number of benzene rings is 2. The summed E-state index contributed by atoms with van der Waals surface area (Å²) in [6, 6.07) is 8.03. The van der Waals surface area contributed by atoms with Gasteiger partial charge in [0, 0.05) is 0 Å². The van der Waals surface area contributed by atoms with Gasteiger partial charge in [-0.15, -0.1) is 0 Å². The normalized spacial score (nSPS) is 15.4. The lowest BCUT2D eigenvalue weighted by Crippen LogP contribution is -2.54. The van der Waals surface area contributed by atoms with Gasteiger partial charge in [-0.25, -0.2) is 14.1 Å². The summed E-state index contributed by atoms with van der Waals surface area (Å²) in [5.41, 5.74) is 5.15. The summed E-state index contributed by atoms with van der Waals surface area (Å²) in [6.45, 7) is -0.365. The van der Waals surface area contributed by atoms with Gasteiger partial charge >= 0.3 is 6.03 Å². The first-order valence-electron chi connectivity index (χ1n) is 8.14. The Morgan fingerprint density at radius 2 is 1.86 bits per heavy atom. The molecule has 3 rings (SSSR count). The minimum Gasteiger partial charge on any atom is -0.482 e. The summed E-state index contributed by atoms with van der Waals surface area (Å²) >= 11 is 6.07. The number of rotatable bonds is 5. The van der Waals surface area contributed by atoms with Crippen LogP contribution in [0, 0.1) is 5.82 Å². The van der Waals surface area contributed by atoms with Crippen molar-refractivity contribution in [2.45, 2.75) is 0 Å². The molecule has 3 N–H and O–H groups in total. The van der Waals surface area contributed by atoms with Gasteiger partial charge in [-0.3, -0.25) is 19.7 Å². The van der Waals surface area contributed by atoms with Gasteiger partial charge < -0.3 is 10.5 Å². The molecule has 1 aliphatic heterocycles. The number of hydrogen-bond acceptors (Lipinski definition) is 5. The minimum absolute atomic E-state index is 0.0977. The number of nitrogens with zero attached hydrogens (tertiary/aromatic N) is 1. The number of halogens is 2. The lowest BCUT2D eigenvalue weighted by atomic mass is 10.1. The number of ether oxygens (including phenoxy) is 1. The quantitative estimate of drug-likeness (QED) is 0.569. The van der Waals surface area contributed by atoms with Crippen LogP contribution < -0.4 is 20.7 Å². The zero-order valence-corrected chi connectivity index (χ0v) is 15.4. The third kappa shape index (κ3) is 4.41. The Kier molecular flexibility index (Phi) is 5.60. The largest absolute Gasteiger partial charge is 0.482 e. The number of carbonyl (C=O) groups excluding carboxylic acids is 4. The molecular formula is C19H13ClFN3O5. The van der Waals surface area contributed by atoms with Crippen molar-refractivity contribution < 1.29 is 28.3 Å². The maximum Gasteiger partial charge on any atom is 0.335 e. The molecular weight excluding hydrogens is 405 g/mol. The van der Waals surface area contributed by atoms with E-state index in [1.807, 2.05) is 0 Å². The Balaban J connectivity index is 1.91. The van der Waals surface area contributed by atoms with Crippen LogP contribution in [0.15, 0.2) is 48.0 Å². The number of nitrogens with one attached hydrogen (secondary N) is 1. The van der Waals surface area contributed by atoms with Crippen LogP contribution >= 0.6 is 11.6 Å². The van der Waals surface area contributed by atoms with Crippen molar-refractivity contribution in [3.63, 3.8) is 0 Å². The van der Waals surface area contributed by atoms with E-state index in [9.17, 15) is 23.6 Å². The molecule has 2 aromatic rings. The summed E-state index contributed by atoms with van der Waals surface area (Å²) < 4.78 is 18.3. The van der Waals surface area contributed by atoms with Gasteiger partial charge in [-0.2, -0.15) is 0 Å². The minimum atomic E-state index is -0.947. The average molecular weight is 418 g/mol. The fraction of sp³-hybridized carbons (Fsp3) is 0.0526. The van der Waals surface area contributed by atoms with Gasteiger partial charge in [0.05, 0.1) is 10.7 Å². The van der Waals surface area contributed by atoms with E-state index in [4.69, 9.17) is 22.1 Å². The molecule has 1 aliphatic rings. The molecule has 1 heterocycles. The Hall–Kier alpha value is -3.72. The number of nitrogens with two attached hydrogens (primary N) is 1. The van der Waals surface area contributed by atoms with Crippen molar-refractivity contribution in [1.82, 2.24) is 5.32 Å². The molecule has 148 valence electrons. The number of anilines is 1. The monoisotopic (exact) mass is 417 g/mol. The molecule has 0 radical (unpaired) electrons. The molecule has 0 atom stereocenters. The third-order valence-corrected chi connectivity index (χ3v) is 4.12. The average Bonchev–Trinajstić information content (AvgIpc) is 2.65. The van der Waals surface area contributed by atoms with Crippen molar-refractivity contribution >= 4 is 47.1 Å². The predicted octanol–water partition coefficient (Wildman–Crippen LogP) is 2.01. The number of primary amides is 1. The maximum absolute atomic E-state index is 13.1. The van der Waals surface area contributed by atoms with Crippen LogP contribution in [-0.4, -0.2) is 30.4 Å². The molecule has 0 spiro atoms. The molecule has 8 nitrogen and oxygen atoms in total. The molecule has 0 aliphatic carbocycles. The lowest BCUT2D eigenvalue weighted by molar-refractivity contribution is -0.123. The molecule has 0 bridgehead atoms. The number of hydrogen-bond donors (Lipinski definition) is 2. The maximum atomic E-state index is 13.1. The molecule has 1 fully saturated rings. The standard InChI is InChI=1S/C19H13ClFN3O5/c20-14-8-10(1-6-15(14)29-9-16(22)25)7-13-17(26)23-19(28)24(18(13)27)12-4-2-11(21)3-5-12/h1-8H,9H2,(H2,22,25)(H,23,26,28)/b13-7+. The second-order valence-electron chi connectivity index (χ2n) is 5.88. The van der Waals surface area contributed by atoms with E-state index in [2.05, 4.69) is 5.32 Å². The van der Waals surface area contributed by atoms with Gasteiger partial charge in [-0.05, 0) is 48.0 Å². The molecule has 1 saturated heterocycles. The fourth-order valence-electron chi connectivity index (χ4n) is 2.52. The first-order valence-corrected chi connectivity index (χ1v) is 8.52. The van der Waals surface area contributed by atoms with Gasteiger partial charge in [0.15, 0.2) is 6.61 Å². The molecule has 0 aromatic heterocycles. The van der Waals surface area contributed by atoms with Crippen molar-refractivity contribution in [2.24, 2.45) is 5.73 Å². The number of urea groups is 1. The Morgan fingerprint density at radius 1 is 1.17 bits per heavy atom. The molecule has 29 heavy (non-hydrogen) atoms. The van der Waals surface area contributed by atoms with Crippen LogP contribution in [0.25, 0.3) is 6.08 Å². The molecule has 2 aromatic carbocycles. The topological polar surface area (TPSA) is 119 Å². The number of barbiturate groups is 1. The first kappa shape index (κ1) is 20.0. The van der Waals surface area contributed by atoms with Crippen LogP contribution in [0.2, 0.25) is 5.02 Å². The number of carbonyl (C=O) groups is 4. The zero-order chi connectivity index (χ0) is 21.1. The highest BCUT2D eigenvalue weighted by Crippen LogP contribution is 2.27. The van der Waals surface area contributed by atoms with Gasteiger partial charge in [-0.1, -0.05) is 17.7 Å². The van der Waals surface area contributed by atoms with Crippen LogP contribution in [0.4, 0.5) is 14.9 Å². The summed E-state index contributed by atoms with van der Waals surface area (Å²) in [5.74, 6) is -2.80. The number of imide groups is 2. The highest BCUT2D eigenvalue weighted by molar-refractivity contribution is 6.39. The van der Waals surface area contributed by atoms with Gasteiger partial charge in [0.25, 0.3) is 17.7 Å². The highest BCUT2D eigenvalue weighted by atomic mass is 35.5. The van der Waals surface area contributed by atoms with E-state index in [1.165, 1.54) is 36.4 Å². The van der Waals surface area contributed by atoms with E-state index < -0.39 is 29.6 Å². The molecule has 0 saturated carbocycles. The SMILES string of the molecule is NC(=O)COc1ccc(/C=C2\C(=O)NC(=O)N(c3ccc(F)cc3)C2=O)cc1Cl. The summed E-state index contributed by atoms with van der Waals surface area (Å²) in [5, 5.41) is 2.18. The fourth-order valence-corrected chi connectivity index (χ4v) is 2.77. The summed E-state index contributed by atoms with van der Waals surface area (Å²) in [7, 11) is 0. The van der Waals surface area contributed by atoms with Crippen LogP contribution in [-0.2, 0) is 14.4 Å². The molecule has 0 unspecified atom stereocenters. The van der Waals surface area contributed by atoms with Gasteiger partial charge in [0.1, 0.15) is 17.1 Å². The lowest BCUT2D eigenvalue weighted by Gasteiger charge is -2.26. The van der Waals surface area contributed by atoms with Crippen molar-refractivity contribution in [1.29, 1.82) is 0 Å². The Labute approximate surface area is 168 Å². The zero-order valence-electron chi connectivity index (χ0n) is 14.6. The van der Waals surface area contributed by atoms with Crippen molar-refractivity contribution in [3.8, 4) is 5.75 Å². The van der Waals surface area contributed by atoms with E-state index in [0.29, 0.717) is 5.56 Å². The van der Waals surface area contributed by atoms with Gasteiger partial charge in [0.2, 0.25) is 0 Å². The van der Waals surface area contributed by atoms with Crippen molar-refractivity contribution in [3.05, 3.63) is 64.4 Å². The molecule has 10 heteroatoms. The molecule has 5 amide bonds. The Morgan fingerprint density at radius 3 is 2.48 bits per heavy atom. The summed E-state index contributed by atoms with van der Waals surface area (Å²) in [6.07, 6.45) is 1.24. The smallest absolute Gasteiger partial charge is 0.335 e. The summed E-state index contributed by atoms with van der Waals surface area (Å²) in [4.78, 5) is 48.5. The van der Waals surface area contributed by atoms with E-state index in [0.717, 1.165) is 17.0 Å². The second kappa shape index (κ2) is 8.11. The second-order valence-corrected chi connectivity index (χ2v) is 6.29. The van der Waals surface area contributed by atoms with E-state index in [1.54, 1.807) is 0 Å². The first-order chi connectivity index (χ1) is 13.8. The Bertz CT molecular complexity index is 1050. The predicted molar refractivity (Wildman–Crippen MR) is 102 cm³/mol. The van der Waals surface area contributed by atoms with E-state index in [-0.39, 0.29) is 28.6 Å². The van der Waals surface area contributed by atoms with Crippen LogP contribution in [0.3, 0.4) is 0 Å². The third-order valence-electron chi connectivity index (χ3n) is 3.82. The van der Waals surface area contributed by atoms with Crippen molar-refractivity contribution in [2.75, 3.05) is 11.5 Å². The van der Waals surface area contributed by atoms with E-state index >= 15 is 0 Å². The highest BCUT2D eigenvalue weighted by Gasteiger charge is 2.36.